The molecule has 1 aliphatic rings. The van der Waals surface area contributed by atoms with Gasteiger partial charge in [-0.15, -0.1) is 13.2 Å². The van der Waals surface area contributed by atoms with Gasteiger partial charge in [0.05, 0.1) is 12.2 Å². The number of carbonyl (C=O) groups excluding carboxylic acids is 1. The van der Waals surface area contributed by atoms with E-state index in [-0.39, 0.29) is 17.8 Å². The highest BCUT2D eigenvalue weighted by atomic mass is 19.4. The number of hydrogen-bond acceptors (Lipinski definition) is 3. The van der Waals surface area contributed by atoms with Gasteiger partial charge in [-0.3, -0.25) is 4.79 Å². The van der Waals surface area contributed by atoms with E-state index in [1.165, 1.54) is 11.0 Å². The highest BCUT2D eigenvalue weighted by Crippen LogP contribution is 2.43. The molecule has 0 bridgehead atoms. The van der Waals surface area contributed by atoms with E-state index in [0.29, 0.717) is 5.56 Å². The Morgan fingerprint density at radius 3 is 2.26 bits per heavy atom. The molecule has 0 saturated heterocycles. The van der Waals surface area contributed by atoms with Crippen LogP contribution in [0.3, 0.4) is 0 Å². The summed E-state index contributed by atoms with van der Waals surface area (Å²) in [7, 11) is 0. The molecule has 1 N–H and O–H groups in total. The van der Waals surface area contributed by atoms with Crippen LogP contribution in [0.25, 0.3) is 0 Å². The molecule has 1 aliphatic heterocycles. The van der Waals surface area contributed by atoms with Crippen LogP contribution in [0.2, 0.25) is 0 Å². The smallest absolute Gasteiger partial charge is 0.406 e. The molecule has 1 amide bonds. The third-order valence-electron chi connectivity index (χ3n) is 4.78. The number of ether oxygens (including phenoxy) is 1. The summed E-state index contributed by atoms with van der Waals surface area (Å²) in [5.74, 6) is 4.03. The van der Waals surface area contributed by atoms with E-state index >= 15 is 0 Å². The van der Waals surface area contributed by atoms with Gasteiger partial charge < -0.3 is 14.7 Å². The second-order valence-corrected chi connectivity index (χ2v) is 6.93. The number of alkyl halides is 3. The number of hydrogen-bond donors (Lipinski definition) is 1. The van der Waals surface area contributed by atoms with Gasteiger partial charge in [-0.25, -0.2) is 0 Å². The zero-order valence-electron chi connectivity index (χ0n) is 16.1. The van der Waals surface area contributed by atoms with Gasteiger partial charge in [0.15, 0.2) is 0 Å². The van der Waals surface area contributed by atoms with Gasteiger partial charge >= 0.3 is 6.36 Å². The minimum Gasteiger partial charge on any atom is -0.406 e. The summed E-state index contributed by atoms with van der Waals surface area (Å²) in [6, 6.07) is 21.1. The molecule has 3 aromatic carbocycles. The highest BCUT2D eigenvalue weighted by molar-refractivity contribution is 6.09. The molecule has 0 aromatic heterocycles. The lowest BCUT2D eigenvalue weighted by Gasteiger charge is -2.19. The Labute approximate surface area is 176 Å². The van der Waals surface area contributed by atoms with Crippen LogP contribution in [-0.4, -0.2) is 17.4 Å². The Hall–Kier alpha value is -3.76. The van der Waals surface area contributed by atoms with Crippen molar-refractivity contribution in [3.63, 3.8) is 0 Å². The number of aliphatic hydroxyl groups is 1. The van der Waals surface area contributed by atoms with Crippen molar-refractivity contribution in [3.05, 3.63) is 95.6 Å². The fourth-order valence-electron chi connectivity index (χ4n) is 3.39. The molecule has 1 atom stereocenters. The number of halogens is 3. The predicted octanol–water partition coefficient (Wildman–Crippen LogP) is 4.37. The summed E-state index contributed by atoms with van der Waals surface area (Å²) in [6.45, 7) is 0.126. The average molecular weight is 423 g/mol. The molecule has 3 aromatic rings. The van der Waals surface area contributed by atoms with Crippen LogP contribution in [0.1, 0.15) is 16.7 Å². The quantitative estimate of drug-likeness (QED) is 0.637. The van der Waals surface area contributed by atoms with Gasteiger partial charge in [0, 0.05) is 11.1 Å². The first-order chi connectivity index (χ1) is 14.8. The van der Waals surface area contributed by atoms with E-state index < -0.39 is 23.6 Å². The van der Waals surface area contributed by atoms with E-state index in [9.17, 15) is 23.1 Å². The maximum Gasteiger partial charge on any atom is 0.573 e. The number of benzene rings is 3. The van der Waals surface area contributed by atoms with Gasteiger partial charge in [0.25, 0.3) is 5.91 Å². The Morgan fingerprint density at radius 1 is 0.968 bits per heavy atom. The van der Waals surface area contributed by atoms with Crippen molar-refractivity contribution in [3.8, 4) is 17.6 Å². The monoisotopic (exact) mass is 423 g/mol. The van der Waals surface area contributed by atoms with Gasteiger partial charge in [-0.2, -0.15) is 0 Å². The number of carbonyl (C=O) groups is 1. The summed E-state index contributed by atoms with van der Waals surface area (Å²) in [6.07, 6.45) is -4.91. The minimum atomic E-state index is -4.91. The maximum absolute atomic E-state index is 13.2. The summed E-state index contributed by atoms with van der Waals surface area (Å²) >= 11 is 0. The molecule has 1 heterocycles. The first-order valence-corrected chi connectivity index (χ1v) is 9.33. The van der Waals surface area contributed by atoms with Gasteiger partial charge in [0.1, 0.15) is 5.75 Å². The molecular weight excluding hydrogens is 407 g/mol. The fraction of sp³-hybridized carbons (Fsp3) is 0.125. The zero-order chi connectivity index (χ0) is 22.1. The zero-order valence-corrected chi connectivity index (χ0v) is 16.1. The predicted molar refractivity (Wildman–Crippen MR) is 108 cm³/mol. The Kier molecular flexibility index (Phi) is 5.17. The molecule has 156 valence electrons. The van der Waals surface area contributed by atoms with Crippen molar-refractivity contribution in [2.75, 3.05) is 4.90 Å². The second-order valence-electron chi connectivity index (χ2n) is 6.93. The number of nitrogens with zero attached hydrogens (tertiary/aromatic N) is 1. The van der Waals surface area contributed by atoms with Gasteiger partial charge in [-0.1, -0.05) is 54.5 Å². The van der Waals surface area contributed by atoms with Gasteiger partial charge in [-0.05, 0) is 41.8 Å². The normalized spacial score (nSPS) is 17.7. The van der Waals surface area contributed by atoms with Crippen molar-refractivity contribution < 1.29 is 27.8 Å². The fourth-order valence-corrected chi connectivity index (χ4v) is 3.39. The van der Waals surface area contributed by atoms with E-state index in [0.717, 1.165) is 17.7 Å². The SMILES string of the molecule is O=C1N(Cc2ccccc2)c2ccc(OC(F)(F)F)cc2C1(O)C#Cc1ccccc1. The highest BCUT2D eigenvalue weighted by Gasteiger charge is 2.49. The molecule has 7 heteroatoms. The van der Waals surface area contributed by atoms with Crippen LogP contribution in [0, 0.1) is 11.8 Å². The molecule has 0 radical (unpaired) electrons. The lowest BCUT2D eigenvalue weighted by molar-refractivity contribution is -0.274. The van der Waals surface area contributed by atoms with Crippen LogP contribution >= 0.6 is 0 Å². The largest absolute Gasteiger partial charge is 0.573 e. The summed E-state index contributed by atoms with van der Waals surface area (Å²) in [5, 5.41) is 11.2. The first kappa shape index (κ1) is 20.5. The van der Waals surface area contributed by atoms with E-state index in [2.05, 4.69) is 16.6 Å². The van der Waals surface area contributed by atoms with Crippen LogP contribution < -0.4 is 9.64 Å². The molecule has 4 rings (SSSR count). The molecule has 4 nitrogen and oxygen atoms in total. The lowest BCUT2D eigenvalue weighted by atomic mass is 9.95. The first-order valence-electron chi connectivity index (χ1n) is 9.33. The molecule has 0 fully saturated rings. The van der Waals surface area contributed by atoms with Crippen molar-refractivity contribution in [1.29, 1.82) is 0 Å². The number of anilines is 1. The minimum absolute atomic E-state index is 0.0568. The topological polar surface area (TPSA) is 49.8 Å². The number of rotatable bonds is 3. The Morgan fingerprint density at radius 2 is 1.61 bits per heavy atom. The Bertz CT molecular complexity index is 1170. The maximum atomic E-state index is 13.2. The summed E-state index contributed by atoms with van der Waals surface area (Å²) < 4.78 is 42.1. The molecular formula is C24H16F3NO3. The molecule has 0 aliphatic carbocycles. The number of amides is 1. The van der Waals surface area contributed by atoms with Crippen molar-refractivity contribution in [1.82, 2.24) is 0 Å². The number of fused-ring (bicyclic) bond motifs is 1. The van der Waals surface area contributed by atoms with Crippen LogP contribution in [0.5, 0.6) is 5.75 Å². The van der Waals surface area contributed by atoms with Gasteiger partial charge in [0.2, 0.25) is 5.60 Å². The average Bonchev–Trinajstić information content (AvgIpc) is 2.95. The second kappa shape index (κ2) is 7.82. The van der Waals surface area contributed by atoms with Crippen LogP contribution in [-0.2, 0) is 16.9 Å². The Balaban J connectivity index is 1.79. The third-order valence-corrected chi connectivity index (χ3v) is 4.78. The van der Waals surface area contributed by atoms with E-state index in [1.807, 2.05) is 6.07 Å². The standard InChI is InChI=1S/C24H16F3NO3/c25-24(26,27)31-19-11-12-21-20(15-19)23(30,14-13-17-7-3-1-4-8-17)22(29)28(21)16-18-9-5-2-6-10-18/h1-12,15,30H,16H2. The molecule has 0 saturated carbocycles. The lowest BCUT2D eigenvalue weighted by Crippen LogP contribution is -2.39. The molecule has 0 spiro atoms. The third kappa shape index (κ3) is 4.25. The summed E-state index contributed by atoms with van der Waals surface area (Å²) in [5.41, 5.74) is -0.760. The van der Waals surface area contributed by atoms with E-state index in [1.54, 1.807) is 54.6 Å². The van der Waals surface area contributed by atoms with Crippen LogP contribution in [0.4, 0.5) is 18.9 Å². The van der Waals surface area contributed by atoms with Crippen molar-refractivity contribution in [2.45, 2.75) is 18.5 Å². The van der Waals surface area contributed by atoms with Crippen molar-refractivity contribution in [2.24, 2.45) is 0 Å². The summed E-state index contributed by atoms with van der Waals surface area (Å²) in [4.78, 5) is 14.5. The molecule has 31 heavy (non-hydrogen) atoms. The van der Waals surface area contributed by atoms with Crippen molar-refractivity contribution >= 4 is 11.6 Å². The van der Waals surface area contributed by atoms with Crippen LogP contribution in [0.15, 0.2) is 78.9 Å². The van der Waals surface area contributed by atoms with E-state index in [4.69, 9.17) is 0 Å². The molecule has 1 unspecified atom stereocenters.